The summed E-state index contributed by atoms with van der Waals surface area (Å²) >= 11 is 0. The lowest BCUT2D eigenvalue weighted by molar-refractivity contribution is -0.140. The number of esters is 1. The van der Waals surface area contributed by atoms with Gasteiger partial charge in [-0.15, -0.1) is 0 Å². The minimum Gasteiger partial charge on any atom is -0.493 e. The van der Waals surface area contributed by atoms with Gasteiger partial charge in [0.15, 0.2) is 0 Å². The van der Waals surface area contributed by atoms with Gasteiger partial charge in [0.2, 0.25) is 0 Å². The molecule has 0 aliphatic heterocycles. The second kappa shape index (κ2) is 6.48. The van der Waals surface area contributed by atoms with Crippen molar-refractivity contribution in [1.82, 2.24) is 0 Å². The maximum absolute atomic E-state index is 10.9. The number of benzene rings is 1. The van der Waals surface area contributed by atoms with E-state index >= 15 is 0 Å². The topological polar surface area (TPSA) is 98.9 Å². The molecule has 3 N–H and O–H groups in total. The van der Waals surface area contributed by atoms with Gasteiger partial charge in [0.05, 0.1) is 13.7 Å². The molecule has 98 valence electrons. The van der Waals surface area contributed by atoms with Crippen molar-refractivity contribution in [2.24, 2.45) is 0 Å². The molecule has 1 aromatic carbocycles. The summed E-state index contributed by atoms with van der Waals surface area (Å²) in [6, 6.07) is 4.32. The molecule has 0 saturated carbocycles. The molecule has 1 rings (SSSR count). The van der Waals surface area contributed by atoms with Crippen LogP contribution in [0.25, 0.3) is 0 Å². The molecule has 0 spiro atoms. The first-order chi connectivity index (χ1) is 8.54. The number of carbonyl (C=O) groups excluding carboxylic acids is 1. The lowest BCUT2D eigenvalue weighted by Gasteiger charge is -2.09. The second-order valence-corrected chi connectivity index (χ2v) is 3.59. The molecule has 1 aromatic rings. The fraction of sp³-hybridized carbons (Fsp3) is 0.333. The van der Waals surface area contributed by atoms with Gasteiger partial charge in [0.1, 0.15) is 11.3 Å². The van der Waals surface area contributed by atoms with Crippen molar-refractivity contribution >= 4 is 17.6 Å². The van der Waals surface area contributed by atoms with Crippen molar-refractivity contribution < 1.29 is 24.2 Å². The zero-order chi connectivity index (χ0) is 13.5. The Bertz CT molecular complexity index is 444. The van der Waals surface area contributed by atoms with Crippen molar-refractivity contribution in [2.45, 2.75) is 12.8 Å². The molecule has 0 aromatic heterocycles. The maximum Gasteiger partial charge on any atom is 0.339 e. The van der Waals surface area contributed by atoms with Crippen molar-refractivity contribution in [3.8, 4) is 5.75 Å². The molecule has 0 heterocycles. The molecule has 0 saturated heterocycles. The first-order valence-electron chi connectivity index (χ1n) is 5.37. The highest BCUT2D eigenvalue weighted by Crippen LogP contribution is 2.22. The first-order valence-corrected chi connectivity index (χ1v) is 5.37. The van der Waals surface area contributed by atoms with Gasteiger partial charge in [-0.3, -0.25) is 4.79 Å². The summed E-state index contributed by atoms with van der Waals surface area (Å²) in [5.74, 6) is -1.21. The Hall–Kier alpha value is -2.24. The lowest BCUT2D eigenvalue weighted by Crippen LogP contribution is -2.07. The summed E-state index contributed by atoms with van der Waals surface area (Å²) in [6.07, 6.45) is 0.668. The summed E-state index contributed by atoms with van der Waals surface area (Å²) in [4.78, 5) is 21.8. The molecule has 6 heteroatoms. The third kappa shape index (κ3) is 3.97. The minimum atomic E-state index is -1.09. The summed E-state index contributed by atoms with van der Waals surface area (Å²) < 4.78 is 9.78. The number of carboxylic acids is 1. The third-order valence-electron chi connectivity index (χ3n) is 2.25. The Balaban J connectivity index is 2.58. The van der Waals surface area contributed by atoms with Crippen LogP contribution < -0.4 is 10.5 Å². The van der Waals surface area contributed by atoms with Crippen LogP contribution in [-0.2, 0) is 9.53 Å². The predicted octanol–water partition coefficient (Wildman–Crippen LogP) is 1.30. The van der Waals surface area contributed by atoms with E-state index in [9.17, 15) is 9.59 Å². The Morgan fingerprint density at radius 2 is 2.11 bits per heavy atom. The van der Waals surface area contributed by atoms with Gasteiger partial charge in [-0.2, -0.15) is 0 Å². The molecule has 0 fully saturated rings. The van der Waals surface area contributed by atoms with Crippen LogP contribution in [0.4, 0.5) is 5.69 Å². The number of ether oxygens (including phenoxy) is 2. The molecule has 0 amide bonds. The van der Waals surface area contributed by atoms with Crippen LogP contribution in [0.3, 0.4) is 0 Å². The number of carbonyl (C=O) groups is 2. The SMILES string of the molecule is COC(=O)CCCOc1cc(N)ccc1C(=O)O. The molecule has 0 radical (unpaired) electrons. The highest BCUT2D eigenvalue weighted by Gasteiger charge is 2.11. The third-order valence-corrected chi connectivity index (χ3v) is 2.25. The standard InChI is InChI=1S/C12H15NO5/c1-17-11(14)3-2-6-18-10-7-8(13)4-5-9(10)12(15)16/h4-5,7H,2-3,6,13H2,1H3,(H,15,16). The van der Waals surface area contributed by atoms with Gasteiger partial charge >= 0.3 is 11.9 Å². The molecule has 18 heavy (non-hydrogen) atoms. The summed E-state index contributed by atoms with van der Waals surface area (Å²) in [5.41, 5.74) is 6.02. The summed E-state index contributed by atoms with van der Waals surface area (Å²) in [5, 5.41) is 8.94. The van der Waals surface area contributed by atoms with E-state index in [-0.39, 0.29) is 30.3 Å². The number of hydrogen-bond donors (Lipinski definition) is 2. The normalized spacial score (nSPS) is 9.83. The number of methoxy groups -OCH3 is 1. The van der Waals surface area contributed by atoms with Crippen LogP contribution in [0.5, 0.6) is 5.75 Å². The van der Waals surface area contributed by atoms with Crippen molar-refractivity contribution in [3.05, 3.63) is 23.8 Å². The molecule has 0 unspecified atom stereocenters. The van der Waals surface area contributed by atoms with Gasteiger partial charge in [0.25, 0.3) is 0 Å². The van der Waals surface area contributed by atoms with Crippen LogP contribution in [0.15, 0.2) is 18.2 Å². The second-order valence-electron chi connectivity index (χ2n) is 3.59. The predicted molar refractivity (Wildman–Crippen MR) is 64.6 cm³/mol. The number of anilines is 1. The number of rotatable bonds is 6. The number of carboxylic acid groups (broad SMARTS) is 1. The zero-order valence-electron chi connectivity index (χ0n) is 10.0. The summed E-state index contributed by atoms with van der Waals surface area (Å²) in [7, 11) is 1.31. The van der Waals surface area contributed by atoms with Crippen LogP contribution in [0.2, 0.25) is 0 Å². The Kier molecular flexibility index (Phi) is 4.98. The maximum atomic E-state index is 10.9. The molecule has 0 aliphatic rings. The van der Waals surface area contributed by atoms with Gasteiger partial charge in [-0.1, -0.05) is 0 Å². The minimum absolute atomic E-state index is 0.0438. The Morgan fingerprint density at radius 1 is 1.39 bits per heavy atom. The van der Waals surface area contributed by atoms with E-state index in [1.54, 1.807) is 0 Å². The van der Waals surface area contributed by atoms with Crippen molar-refractivity contribution in [3.63, 3.8) is 0 Å². The van der Waals surface area contributed by atoms with Crippen LogP contribution in [0.1, 0.15) is 23.2 Å². The Morgan fingerprint density at radius 3 is 2.72 bits per heavy atom. The largest absolute Gasteiger partial charge is 0.493 e. The van der Waals surface area contributed by atoms with Crippen LogP contribution in [-0.4, -0.2) is 30.8 Å². The van der Waals surface area contributed by atoms with Gasteiger partial charge in [0, 0.05) is 18.2 Å². The number of nitrogen functional groups attached to an aromatic ring is 1. The number of hydrogen-bond acceptors (Lipinski definition) is 5. The fourth-order valence-electron chi connectivity index (χ4n) is 1.34. The van der Waals surface area contributed by atoms with Crippen molar-refractivity contribution in [2.75, 3.05) is 19.5 Å². The zero-order valence-corrected chi connectivity index (χ0v) is 10.0. The average Bonchev–Trinajstić information content (AvgIpc) is 2.34. The van der Waals surface area contributed by atoms with E-state index < -0.39 is 5.97 Å². The monoisotopic (exact) mass is 253 g/mol. The molecule has 6 nitrogen and oxygen atoms in total. The Labute approximate surface area is 104 Å². The van der Waals surface area contributed by atoms with Crippen molar-refractivity contribution in [1.29, 1.82) is 0 Å². The van der Waals surface area contributed by atoms with E-state index in [2.05, 4.69) is 4.74 Å². The highest BCUT2D eigenvalue weighted by atomic mass is 16.5. The number of nitrogens with two attached hydrogens (primary N) is 1. The van der Waals surface area contributed by atoms with Crippen LogP contribution >= 0.6 is 0 Å². The molecular formula is C12H15NO5. The molecule has 0 aliphatic carbocycles. The number of aromatic carboxylic acids is 1. The van der Waals surface area contributed by atoms with Gasteiger partial charge in [-0.25, -0.2) is 4.79 Å². The first kappa shape index (κ1) is 13.8. The highest BCUT2D eigenvalue weighted by molar-refractivity contribution is 5.91. The van der Waals surface area contributed by atoms with Gasteiger partial charge < -0.3 is 20.3 Å². The van der Waals surface area contributed by atoms with Crippen LogP contribution in [0, 0.1) is 0 Å². The van der Waals surface area contributed by atoms with E-state index in [0.717, 1.165) is 0 Å². The van der Waals surface area contributed by atoms with E-state index in [1.807, 2.05) is 0 Å². The van der Waals surface area contributed by atoms with E-state index in [1.165, 1.54) is 25.3 Å². The molecule has 0 bridgehead atoms. The fourth-order valence-corrected chi connectivity index (χ4v) is 1.34. The average molecular weight is 253 g/mol. The lowest BCUT2D eigenvalue weighted by atomic mass is 10.2. The quantitative estimate of drug-likeness (QED) is 0.450. The molecular weight excluding hydrogens is 238 g/mol. The van der Waals surface area contributed by atoms with E-state index in [0.29, 0.717) is 12.1 Å². The smallest absolute Gasteiger partial charge is 0.339 e. The van der Waals surface area contributed by atoms with E-state index in [4.69, 9.17) is 15.6 Å². The summed E-state index contributed by atoms with van der Waals surface area (Å²) in [6.45, 7) is 0.221. The van der Waals surface area contributed by atoms with Gasteiger partial charge in [-0.05, 0) is 18.6 Å². The molecule has 0 atom stereocenters.